The predicted molar refractivity (Wildman–Crippen MR) is 85.6 cm³/mol. The Hall–Kier alpha value is -1.44. The quantitative estimate of drug-likeness (QED) is 0.857. The highest BCUT2D eigenvalue weighted by molar-refractivity contribution is 7.89. The molecule has 0 aliphatic carbocycles. The van der Waals surface area contributed by atoms with Crippen molar-refractivity contribution in [3.05, 3.63) is 29.3 Å². The average Bonchev–Trinajstić information content (AvgIpc) is 2.42. The number of rotatable bonds is 4. The van der Waals surface area contributed by atoms with Crippen molar-refractivity contribution in [2.24, 2.45) is 0 Å². The molecule has 7 heteroatoms. The molecular formula is C15H22N2O4S. The molecule has 1 saturated heterocycles. The maximum atomic E-state index is 12.4. The summed E-state index contributed by atoms with van der Waals surface area (Å²) in [4.78, 5) is 12.4. The first-order valence-electron chi connectivity index (χ1n) is 7.20. The Morgan fingerprint density at radius 1 is 1.45 bits per heavy atom. The van der Waals surface area contributed by atoms with Gasteiger partial charge in [0.25, 0.3) is 0 Å². The van der Waals surface area contributed by atoms with Crippen LogP contribution in [0.1, 0.15) is 18.1 Å². The molecule has 0 radical (unpaired) electrons. The molecule has 0 saturated carbocycles. The van der Waals surface area contributed by atoms with E-state index < -0.39 is 15.9 Å². The minimum absolute atomic E-state index is 0.0380. The summed E-state index contributed by atoms with van der Waals surface area (Å²) in [6.45, 7) is 4.89. The van der Waals surface area contributed by atoms with E-state index in [4.69, 9.17) is 4.74 Å². The van der Waals surface area contributed by atoms with Crippen LogP contribution < -0.4 is 10.6 Å². The third kappa shape index (κ3) is 4.28. The third-order valence-corrected chi connectivity index (χ3v) is 4.56. The van der Waals surface area contributed by atoms with Gasteiger partial charge in [-0.1, -0.05) is 12.1 Å². The lowest BCUT2D eigenvalue weighted by Gasteiger charge is -2.29. The van der Waals surface area contributed by atoms with Crippen LogP contribution in [0.5, 0.6) is 0 Å². The molecule has 1 aromatic rings. The van der Waals surface area contributed by atoms with Crippen molar-refractivity contribution in [3.8, 4) is 0 Å². The van der Waals surface area contributed by atoms with E-state index in [9.17, 15) is 13.2 Å². The number of anilines is 1. The van der Waals surface area contributed by atoms with Gasteiger partial charge in [0.15, 0.2) is 9.84 Å². The Bertz CT molecular complexity index is 658. The fourth-order valence-electron chi connectivity index (χ4n) is 2.50. The fourth-order valence-corrected chi connectivity index (χ4v) is 3.37. The van der Waals surface area contributed by atoms with Gasteiger partial charge in [-0.25, -0.2) is 8.42 Å². The van der Waals surface area contributed by atoms with Crippen molar-refractivity contribution in [1.82, 2.24) is 5.32 Å². The number of carbonyl (C=O) groups is 1. The van der Waals surface area contributed by atoms with Gasteiger partial charge < -0.3 is 15.4 Å². The zero-order valence-corrected chi connectivity index (χ0v) is 13.9. The summed E-state index contributed by atoms with van der Waals surface area (Å²) < 4.78 is 28.4. The van der Waals surface area contributed by atoms with Crippen molar-refractivity contribution in [2.45, 2.75) is 31.7 Å². The van der Waals surface area contributed by atoms with Crippen LogP contribution in [0.15, 0.2) is 18.2 Å². The number of hydrogen-bond donors (Lipinski definition) is 2. The summed E-state index contributed by atoms with van der Waals surface area (Å²) in [5, 5.41) is 5.99. The average molecular weight is 326 g/mol. The van der Waals surface area contributed by atoms with E-state index in [0.29, 0.717) is 24.4 Å². The second-order valence-electron chi connectivity index (χ2n) is 5.66. The van der Waals surface area contributed by atoms with Crippen LogP contribution in [0.2, 0.25) is 0 Å². The Morgan fingerprint density at radius 3 is 2.82 bits per heavy atom. The maximum Gasteiger partial charge on any atom is 0.244 e. The molecule has 22 heavy (non-hydrogen) atoms. The highest BCUT2D eigenvalue weighted by atomic mass is 32.2. The summed E-state index contributed by atoms with van der Waals surface area (Å²) in [5.41, 5.74) is 2.09. The molecule has 1 fully saturated rings. The highest BCUT2D eigenvalue weighted by Gasteiger charge is 2.28. The first-order chi connectivity index (χ1) is 10.3. The van der Waals surface area contributed by atoms with Gasteiger partial charge in [0, 0.05) is 18.5 Å². The molecule has 122 valence electrons. The number of nitrogens with one attached hydrogen (secondary N) is 2. The zero-order chi connectivity index (χ0) is 16.3. The Balaban J connectivity index is 2.16. The molecule has 1 amide bonds. The number of ether oxygens (including phenoxy) is 1. The highest BCUT2D eigenvalue weighted by Crippen LogP contribution is 2.21. The second-order valence-corrected chi connectivity index (χ2v) is 7.80. The van der Waals surface area contributed by atoms with Crippen molar-refractivity contribution < 1.29 is 17.9 Å². The molecule has 6 nitrogen and oxygen atoms in total. The van der Waals surface area contributed by atoms with Crippen LogP contribution >= 0.6 is 0 Å². The molecule has 0 aromatic heterocycles. The monoisotopic (exact) mass is 326 g/mol. The molecule has 1 aromatic carbocycles. The number of morpholine rings is 1. The smallest absolute Gasteiger partial charge is 0.244 e. The number of benzene rings is 1. The SMILES string of the molecule is Cc1c(CS(C)(=O)=O)cccc1NC(=O)[C@H]1NCCO[C@@H]1C. The Kier molecular flexibility index (Phi) is 5.20. The lowest BCUT2D eigenvalue weighted by molar-refractivity contribution is -0.123. The Labute approximate surface area is 131 Å². The number of sulfone groups is 1. The molecule has 0 unspecified atom stereocenters. The number of carbonyl (C=O) groups excluding carboxylic acids is 1. The Morgan fingerprint density at radius 2 is 2.18 bits per heavy atom. The molecule has 1 aliphatic heterocycles. The summed E-state index contributed by atoms with van der Waals surface area (Å²) in [6.07, 6.45) is 0.996. The minimum atomic E-state index is -3.12. The van der Waals surface area contributed by atoms with E-state index in [-0.39, 0.29) is 17.8 Å². The predicted octanol–water partition coefficient (Wildman–Crippen LogP) is 0.855. The molecule has 1 aliphatic rings. The van der Waals surface area contributed by atoms with Crippen LogP contribution in [0, 0.1) is 6.92 Å². The van der Waals surface area contributed by atoms with Crippen LogP contribution in [-0.2, 0) is 25.1 Å². The fraction of sp³-hybridized carbons (Fsp3) is 0.533. The summed E-state index contributed by atoms with van der Waals surface area (Å²) >= 11 is 0. The van der Waals surface area contributed by atoms with E-state index in [1.165, 1.54) is 6.26 Å². The van der Waals surface area contributed by atoms with Crippen LogP contribution in [0.4, 0.5) is 5.69 Å². The standard InChI is InChI=1S/C15H22N2O4S/c1-10-12(9-22(3,19)20)5-4-6-13(10)17-15(18)14-11(2)21-8-7-16-14/h4-6,11,14,16H,7-9H2,1-3H3,(H,17,18)/t11-,14+/m1/s1. The van der Waals surface area contributed by atoms with Crippen molar-refractivity contribution >= 4 is 21.4 Å². The van der Waals surface area contributed by atoms with Crippen molar-refractivity contribution in [1.29, 1.82) is 0 Å². The second kappa shape index (κ2) is 6.76. The van der Waals surface area contributed by atoms with Crippen molar-refractivity contribution in [2.75, 3.05) is 24.7 Å². The molecule has 2 rings (SSSR count). The van der Waals surface area contributed by atoms with Gasteiger partial charge in [-0.05, 0) is 31.0 Å². The summed E-state index contributed by atoms with van der Waals surface area (Å²) in [7, 11) is -3.12. The maximum absolute atomic E-state index is 12.4. The first-order valence-corrected chi connectivity index (χ1v) is 9.26. The van der Waals surface area contributed by atoms with E-state index in [1.807, 2.05) is 13.8 Å². The van der Waals surface area contributed by atoms with Crippen LogP contribution in [-0.4, -0.2) is 45.9 Å². The molecule has 0 bridgehead atoms. The largest absolute Gasteiger partial charge is 0.375 e. The zero-order valence-electron chi connectivity index (χ0n) is 13.0. The van der Waals surface area contributed by atoms with E-state index >= 15 is 0 Å². The van der Waals surface area contributed by atoms with Gasteiger partial charge in [0.2, 0.25) is 5.91 Å². The van der Waals surface area contributed by atoms with Crippen LogP contribution in [0.3, 0.4) is 0 Å². The lowest BCUT2D eigenvalue weighted by Crippen LogP contribution is -2.53. The summed E-state index contributed by atoms with van der Waals surface area (Å²) in [5.74, 6) is -0.212. The topological polar surface area (TPSA) is 84.5 Å². The van der Waals surface area contributed by atoms with Gasteiger partial charge in [-0.3, -0.25) is 4.79 Å². The molecule has 2 N–H and O–H groups in total. The number of hydrogen-bond acceptors (Lipinski definition) is 5. The number of amides is 1. The normalized spacial score (nSPS) is 22.3. The lowest BCUT2D eigenvalue weighted by atomic mass is 10.1. The molecule has 0 spiro atoms. The minimum Gasteiger partial charge on any atom is -0.375 e. The summed E-state index contributed by atoms with van der Waals surface area (Å²) in [6, 6.07) is 4.87. The van der Waals surface area contributed by atoms with Gasteiger partial charge in [-0.2, -0.15) is 0 Å². The molecule has 1 heterocycles. The van der Waals surface area contributed by atoms with Gasteiger partial charge >= 0.3 is 0 Å². The van der Waals surface area contributed by atoms with Gasteiger partial charge in [-0.15, -0.1) is 0 Å². The van der Waals surface area contributed by atoms with Gasteiger partial charge in [0.1, 0.15) is 6.04 Å². The third-order valence-electron chi connectivity index (χ3n) is 3.72. The van der Waals surface area contributed by atoms with E-state index in [0.717, 1.165) is 5.56 Å². The van der Waals surface area contributed by atoms with Crippen molar-refractivity contribution in [3.63, 3.8) is 0 Å². The van der Waals surface area contributed by atoms with Crippen LogP contribution in [0.25, 0.3) is 0 Å². The van der Waals surface area contributed by atoms with E-state index in [1.54, 1.807) is 18.2 Å². The van der Waals surface area contributed by atoms with E-state index in [2.05, 4.69) is 10.6 Å². The first kappa shape index (κ1) is 16.9. The molecule has 2 atom stereocenters. The molecular weight excluding hydrogens is 304 g/mol. The van der Waals surface area contributed by atoms with Gasteiger partial charge in [0.05, 0.1) is 18.5 Å².